The number of anilines is 1. The number of halogens is 2. The molecule has 3 aromatic rings. The van der Waals surface area contributed by atoms with E-state index in [2.05, 4.69) is 51.8 Å². The molecule has 0 bridgehead atoms. The fraction of sp³-hybridized carbons (Fsp3) is 0.444. The van der Waals surface area contributed by atoms with Crippen LogP contribution in [0.1, 0.15) is 66.7 Å². The first-order chi connectivity index (χ1) is 22.7. The number of rotatable bonds is 10. The zero-order chi connectivity index (χ0) is 33.1. The number of hydrogen-bond donors (Lipinski definition) is 2. The number of hydrogen-bond acceptors (Lipinski definition) is 6. The van der Waals surface area contributed by atoms with Crippen molar-refractivity contribution in [3.05, 3.63) is 77.2 Å². The summed E-state index contributed by atoms with van der Waals surface area (Å²) < 4.78 is 33.7. The number of amides is 3. The molecule has 0 unspecified atom stereocenters. The van der Waals surface area contributed by atoms with Gasteiger partial charge in [-0.05, 0) is 86.1 Å². The Bertz CT molecular complexity index is 1670. The van der Waals surface area contributed by atoms with Gasteiger partial charge in [0.2, 0.25) is 11.8 Å². The van der Waals surface area contributed by atoms with E-state index in [0.29, 0.717) is 22.9 Å². The molecule has 1 aromatic heterocycles. The van der Waals surface area contributed by atoms with Crippen molar-refractivity contribution in [2.75, 3.05) is 38.3 Å². The number of aromatic nitrogens is 1. The first-order valence-corrected chi connectivity index (χ1v) is 16.4. The highest BCUT2D eigenvalue weighted by atomic mass is 19.1. The Kier molecular flexibility index (Phi) is 9.81. The van der Waals surface area contributed by atoms with Crippen LogP contribution in [0.25, 0.3) is 17.0 Å². The standard InChI is InChI=1S/C36H41F2N5O4/c1-22(30-10-9-29(18-24(30)6-5-23-3-4-23)42(2)28-13-15-47-16-14-28)40-36(46)33-19-27(38)21-43(33)34(44)20-39-35(45)32-11-7-25-17-26(37)8-12-31(25)41-32/h5-12,17-18,22-23,27-28,33H,3-4,13-16,19-21H2,1-2H3,(H,39,45)(H,40,46)/b6-5+/t22-,27+,33-/m0/s1. The van der Waals surface area contributed by atoms with Crippen molar-refractivity contribution in [2.45, 2.75) is 63.3 Å². The van der Waals surface area contributed by atoms with Crippen LogP contribution in [-0.2, 0) is 14.3 Å². The van der Waals surface area contributed by atoms with Crippen molar-refractivity contribution in [3.63, 3.8) is 0 Å². The van der Waals surface area contributed by atoms with E-state index in [0.717, 1.165) is 42.9 Å². The lowest BCUT2D eigenvalue weighted by Gasteiger charge is -2.33. The number of benzene rings is 2. The number of likely N-dealkylation sites (tertiary alicyclic amines) is 1. The molecule has 11 heteroatoms. The third-order valence-electron chi connectivity index (χ3n) is 9.37. The predicted molar refractivity (Wildman–Crippen MR) is 176 cm³/mol. The molecular formula is C36H41F2N5O4. The van der Waals surface area contributed by atoms with Gasteiger partial charge in [-0.1, -0.05) is 24.3 Å². The van der Waals surface area contributed by atoms with Gasteiger partial charge in [-0.25, -0.2) is 13.8 Å². The molecule has 2 aliphatic heterocycles. The van der Waals surface area contributed by atoms with Crippen LogP contribution >= 0.6 is 0 Å². The molecule has 3 heterocycles. The number of pyridine rings is 1. The Morgan fingerprint density at radius 2 is 1.87 bits per heavy atom. The summed E-state index contributed by atoms with van der Waals surface area (Å²) in [7, 11) is 2.10. The molecular weight excluding hydrogens is 604 g/mol. The smallest absolute Gasteiger partial charge is 0.270 e. The second kappa shape index (κ2) is 14.2. The molecule has 3 atom stereocenters. The monoisotopic (exact) mass is 645 g/mol. The summed E-state index contributed by atoms with van der Waals surface area (Å²) >= 11 is 0. The van der Waals surface area contributed by atoms with Crippen molar-refractivity contribution in [3.8, 4) is 0 Å². The number of alkyl halides is 1. The molecule has 0 radical (unpaired) electrons. The lowest BCUT2D eigenvalue weighted by Crippen LogP contribution is -2.49. The molecule has 2 aromatic carbocycles. The largest absolute Gasteiger partial charge is 0.381 e. The Morgan fingerprint density at radius 1 is 1.09 bits per heavy atom. The van der Waals surface area contributed by atoms with E-state index in [-0.39, 0.29) is 18.7 Å². The Morgan fingerprint density at radius 3 is 2.64 bits per heavy atom. The van der Waals surface area contributed by atoms with Gasteiger partial charge < -0.3 is 25.2 Å². The van der Waals surface area contributed by atoms with Crippen LogP contribution in [0.5, 0.6) is 0 Å². The third-order valence-corrected chi connectivity index (χ3v) is 9.37. The molecule has 3 amide bonds. The fourth-order valence-corrected chi connectivity index (χ4v) is 6.40. The predicted octanol–water partition coefficient (Wildman–Crippen LogP) is 4.96. The Balaban J connectivity index is 1.11. The normalized spacial score (nSPS) is 20.8. The molecule has 3 aliphatic rings. The minimum absolute atomic E-state index is 0.0568. The third kappa shape index (κ3) is 7.78. The molecule has 47 heavy (non-hydrogen) atoms. The highest BCUT2D eigenvalue weighted by Gasteiger charge is 2.40. The number of carbonyl (C=O) groups excluding carboxylic acids is 3. The summed E-state index contributed by atoms with van der Waals surface area (Å²) in [5, 5.41) is 6.09. The average Bonchev–Trinajstić information content (AvgIpc) is 3.83. The second-order valence-electron chi connectivity index (χ2n) is 12.8. The maximum Gasteiger partial charge on any atom is 0.270 e. The van der Waals surface area contributed by atoms with E-state index in [1.54, 1.807) is 6.07 Å². The van der Waals surface area contributed by atoms with Gasteiger partial charge in [0.25, 0.3) is 5.91 Å². The fourth-order valence-electron chi connectivity index (χ4n) is 6.40. The van der Waals surface area contributed by atoms with Gasteiger partial charge >= 0.3 is 0 Å². The molecule has 3 fully saturated rings. The van der Waals surface area contributed by atoms with Gasteiger partial charge in [-0.15, -0.1) is 0 Å². The quantitative estimate of drug-likeness (QED) is 0.323. The number of allylic oxidation sites excluding steroid dienone is 1. The number of carbonyl (C=O) groups is 3. The van der Waals surface area contributed by atoms with Gasteiger partial charge in [0.15, 0.2) is 0 Å². The zero-order valence-electron chi connectivity index (χ0n) is 26.8. The van der Waals surface area contributed by atoms with Crippen LogP contribution in [0, 0.1) is 11.7 Å². The van der Waals surface area contributed by atoms with E-state index >= 15 is 0 Å². The number of ether oxygens (including phenoxy) is 1. The number of nitrogens with zero attached hydrogens (tertiary/aromatic N) is 3. The minimum atomic E-state index is -1.36. The first kappa shape index (κ1) is 32.6. The maximum absolute atomic E-state index is 14.6. The van der Waals surface area contributed by atoms with E-state index < -0.39 is 48.3 Å². The maximum atomic E-state index is 14.6. The highest BCUT2D eigenvalue weighted by molar-refractivity contribution is 5.97. The van der Waals surface area contributed by atoms with Crippen LogP contribution < -0.4 is 15.5 Å². The summed E-state index contributed by atoms with van der Waals surface area (Å²) in [6.45, 7) is 2.74. The molecule has 1 aliphatic carbocycles. The van der Waals surface area contributed by atoms with E-state index in [1.165, 1.54) is 42.0 Å². The number of fused-ring (bicyclic) bond motifs is 1. The Hall–Kier alpha value is -4.38. The number of nitrogens with one attached hydrogen (secondary N) is 2. The van der Waals surface area contributed by atoms with Crippen molar-refractivity contribution in [1.29, 1.82) is 0 Å². The van der Waals surface area contributed by atoms with Crippen molar-refractivity contribution < 1.29 is 27.9 Å². The summed E-state index contributed by atoms with van der Waals surface area (Å²) in [6, 6.07) is 12.3. The molecule has 6 rings (SSSR count). The molecule has 9 nitrogen and oxygen atoms in total. The lowest BCUT2D eigenvalue weighted by molar-refractivity contribution is -0.138. The molecule has 2 saturated heterocycles. The topological polar surface area (TPSA) is 104 Å². The van der Waals surface area contributed by atoms with E-state index in [4.69, 9.17) is 4.74 Å². The lowest BCUT2D eigenvalue weighted by atomic mass is 9.98. The van der Waals surface area contributed by atoms with E-state index in [9.17, 15) is 23.2 Å². The summed E-state index contributed by atoms with van der Waals surface area (Å²) in [4.78, 5) is 47.2. The zero-order valence-corrected chi connectivity index (χ0v) is 26.8. The van der Waals surface area contributed by atoms with Gasteiger partial charge in [0, 0.05) is 43.8 Å². The molecule has 0 spiro atoms. The SMILES string of the molecule is C[C@H](NC(=O)[C@@H]1C[C@@H](F)CN1C(=O)CNC(=O)c1ccc2cc(F)ccc2n1)c1ccc(N(C)C2CCOCC2)cc1/C=C/C1CC1. The summed E-state index contributed by atoms with van der Waals surface area (Å²) in [5.41, 5.74) is 3.53. The second-order valence-corrected chi connectivity index (χ2v) is 12.8. The van der Waals surface area contributed by atoms with Crippen LogP contribution in [0.15, 0.2) is 54.6 Å². The van der Waals surface area contributed by atoms with Crippen LogP contribution in [0.2, 0.25) is 0 Å². The van der Waals surface area contributed by atoms with Gasteiger partial charge in [0.1, 0.15) is 23.7 Å². The molecule has 248 valence electrons. The van der Waals surface area contributed by atoms with Gasteiger partial charge in [-0.2, -0.15) is 0 Å². The van der Waals surface area contributed by atoms with Crippen molar-refractivity contribution in [1.82, 2.24) is 20.5 Å². The van der Waals surface area contributed by atoms with Gasteiger partial charge in [0.05, 0.1) is 24.6 Å². The highest BCUT2D eigenvalue weighted by Crippen LogP contribution is 2.33. The summed E-state index contributed by atoms with van der Waals surface area (Å²) in [6.07, 6.45) is 7.16. The van der Waals surface area contributed by atoms with Crippen LogP contribution in [-0.4, -0.2) is 79.2 Å². The minimum Gasteiger partial charge on any atom is -0.381 e. The molecule has 1 saturated carbocycles. The van der Waals surface area contributed by atoms with Gasteiger partial charge in [-0.3, -0.25) is 14.4 Å². The Labute approximate surface area is 273 Å². The van der Waals surface area contributed by atoms with Crippen LogP contribution in [0.3, 0.4) is 0 Å². The van der Waals surface area contributed by atoms with Crippen LogP contribution in [0.4, 0.5) is 14.5 Å². The first-order valence-electron chi connectivity index (χ1n) is 16.4. The van der Waals surface area contributed by atoms with Crippen molar-refractivity contribution in [2.24, 2.45) is 5.92 Å². The average molecular weight is 646 g/mol. The molecule has 2 N–H and O–H groups in total. The summed E-state index contributed by atoms with van der Waals surface area (Å²) in [5.74, 6) is -1.45. The van der Waals surface area contributed by atoms with Crippen molar-refractivity contribution >= 4 is 40.4 Å². The van der Waals surface area contributed by atoms with E-state index in [1.807, 2.05) is 13.0 Å².